The normalized spacial score (nSPS) is 24.0. The minimum atomic E-state index is -3.12. The van der Waals surface area contributed by atoms with E-state index in [4.69, 9.17) is 0 Å². The molecule has 3 rings (SSSR count). The van der Waals surface area contributed by atoms with Gasteiger partial charge in [-0.05, 0) is 69.6 Å². The molecule has 1 aromatic rings. The predicted molar refractivity (Wildman–Crippen MR) is 105 cm³/mol. The number of nitrogens with one attached hydrogen (secondary N) is 2. The largest absolute Gasteiger partial charge is 0.385 e. The minimum Gasteiger partial charge on any atom is -0.385 e. The summed E-state index contributed by atoms with van der Waals surface area (Å²) in [5.41, 5.74) is 1.79. The van der Waals surface area contributed by atoms with Crippen LogP contribution in [0.1, 0.15) is 45.4 Å². The quantitative estimate of drug-likeness (QED) is 0.758. The summed E-state index contributed by atoms with van der Waals surface area (Å²) >= 11 is 0. The Hall–Kier alpha value is -1.34. The Balaban J connectivity index is 1.49. The number of sulfonamides is 1. The maximum Gasteiger partial charge on any atom is 0.211 e. The summed E-state index contributed by atoms with van der Waals surface area (Å²) in [5, 5.41) is 3.39. The second-order valence-electron chi connectivity index (χ2n) is 7.51. The van der Waals surface area contributed by atoms with Gasteiger partial charge in [-0.1, -0.05) is 0 Å². The third kappa shape index (κ3) is 5.33. The Kier molecular flexibility index (Phi) is 6.40. The van der Waals surface area contributed by atoms with Gasteiger partial charge in [-0.2, -0.15) is 0 Å². The molecule has 0 aromatic heterocycles. The van der Waals surface area contributed by atoms with Crippen molar-refractivity contribution in [3.63, 3.8) is 0 Å². The summed E-state index contributed by atoms with van der Waals surface area (Å²) in [4.78, 5) is 2.24. The van der Waals surface area contributed by atoms with Crippen LogP contribution in [0.4, 0.5) is 15.8 Å². The van der Waals surface area contributed by atoms with Crippen molar-refractivity contribution in [1.82, 2.24) is 4.72 Å². The molecule has 146 valence electrons. The molecule has 1 aliphatic carbocycles. The molecular formula is C19H30FN3O2S. The molecule has 1 saturated carbocycles. The molecule has 1 aromatic carbocycles. The highest BCUT2D eigenvalue weighted by Crippen LogP contribution is 2.28. The van der Waals surface area contributed by atoms with E-state index < -0.39 is 10.0 Å². The SMILES string of the molecule is CCS(=O)(=O)N[C@H]1CC[C@H](CNc2cc(F)cc(N3CCCC3)c2)CC1. The number of halogens is 1. The molecule has 1 saturated heterocycles. The molecule has 2 N–H and O–H groups in total. The predicted octanol–water partition coefficient (Wildman–Crippen LogP) is 3.34. The van der Waals surface area contributed by atoms with Crippen LogP contribution >= 0.6 is 0 Å². The molecule has 26 heavy (non-hydrogen) atoms. The van der Waals surface area contributed by atoms with E-state index in [-0.39, 0.29) is 17.6 Å². The first-order chi connectivity index (χ1) is 12.4. The summed E-state index contributed by atoms with van der Waals surface area (Å²) in [6, 6.07) is 5.27. The summed E-state index contributed by atoms with van der Waals surface area (Å²) in [7, 11) is -3.12. The fourth-order valence-corrected chi connectivity index (χ4v) is 4.83. The molecule has 2 aliphatic rings. The van der Waals surface area contributed by atoms with Crippen molar-refractivity contribution in [2.45, 2.75) is 51.5 Å². The zero-order chi connectivity index (χ0) is 18.6. The molecule has 0 amide bonds. The van der Waals surface area contributed by atoms with E-state index >= 15 is 0 Å². The second-order valence-corrected chi connectivity index (χ2v) is 9.55. The Bertz CT molecular complexity index is 697. The maximum absolute atomic E-state index is 14.0. The van der Waals surface area contributed by atoms with Crippen LogP contribution in [0.25, 0.3) is 0 Å². The average molecular weight is 384 g/mol. The Morgan fingerprint density at radius 2 is 1.81 bits per heavy atom. The van der Waals surface area contributed by atoms with Gasteiger partial charge >= 0.3 is 0 Å². The molecule has 2 fully saturated rings. The van der Waals surface area contributed by atoms with Gasteiger partial charge in [0.15, 0.2) is 0 Å². The minimum absolute atomic E-state index is 0.0622. The smallest absolute Gasteiger partial charge is 0.211 e. The molecule has 0 atom stereocenters. The standard InChI is InChI=1S/C19H30FN3O2S/c1-2-26(24,25)22-17-7-5-15(6-8-17)14-21-18-11-16(20)12-19(13-18)23-9-3-4-10-23/h11-13,15,17,21-22H,2-10,14H2,1H3/t15-,17-. The van der Waals surface area contributed by atoms with E-state index in [1.165, 1.54) is 12.8 Å². The fourth-order valence-electron chi connectivity index (χ4n) is 3.92. The van der Waals surface area contributed by atoms with E-state index in [1.807, 2.05) is 6.07 Å². The number of rotatable bonds is 7. The van der Waals surface area contributed by atoms with Crippen molar-refractivity contribution < 1.29 is 12.8 Å². The van der Waals surface area contributed by atoms with Crippen molar-refractivity contribution in [3.8, 4) is 0 Å². The lowest BCUT2D eigenvalue weighted by atomic mass is 9.86. The number of anilines is 2. The van der Waals surface area contributed by atoms with Gasteiger partial charge in [0.25, 0.3) is 0 Å². The molecule has 0 bridgehead atoms. The molecule has 5 nitrogen and oxygen atoms in total. The topological polar surface area (TPSA) is 61.4 Å². The Morgan fingerprint density at radius 1 is 1.12 bits per heavy atom. The lowest BCUT2D eigenvalue weighted by Crippen LogP contribution is -2.39. The molecule has 1 aliphatic heterocycles. The summed E-state index contributed by atoms with van der Waals surface area (Å²) in [5.74, 6) is 0.429. The third-order valence-electron chi connectivity index (χ3n) is 5.52. The van der Waals surface area contributed by atoms with Gasteiger partial charge in [0.1, 0.15) is 5.82 Å². The van der Waals surface area contributed by atoms with Crippen molar-refractivity contribution in [2.24, 2.45) is 5.92 Å². The first-order valence-corrected chi connectivity index (χ1v) is 11.4. The third-order valence-corrected chi connectivity index (χ3v) is 6.97. The van der Waals surface area contributed by atoms with Crippen LogP contribution in [-0.2, 0) is 10.0 Å². The van der Waals surface area contributed by atoms with Crippen LogP contribution in [0.2, 0.25) is 0 Å². The van der Waals surface area contributed by atoms with Gasteiger partial charge in [0.2, 0.25) is 10.0 Å². The second kappa shape index (κ2) is 8.57. The number of hydrogen-bond donors (Lipinski definition) is 2. The summed E-state index contributed by atoms with van der Waals surface area (Å²) in [6.45, 7) is 4.46. The van der Waals surface area contributed by atoms with Crippen molar-refractivity contribution in [3.05, 3.63) is 24.0 Å². The molecule has 0 unspecified atom stereocenters. The maximum atomic E-state index is 14.0. The van der Waals surface area contributed by atoms with E-state index in [0.717, 1.165) is 56.7 Å². The van der Waals surface area contributed by atoms with Crippen molar-refractivity contribution in [2.75, 3.05) is 35.6 Å². The van der Waals surface area contributed by atoms with Gasteiger partial charge in [-0.15, -0.1) is 0 Å². The van der Waals surface area contributed by atoms with E-state index in [9.17, 15) is 12.8 Å². The van der Waals surface area contributed by atoms with Crippen LogP contribution in [-0.4, -0.2) is 39.8 Å². The van der Waals surface area contributed by atoms with Gasteiger partial charge in [0.05, 0.1) is 5.75 Å². The molecule has 0 radical (unpaired) electrons. The van der Waals surface area contributed by atoms with Crippen molar-refractivity contribution in [1.29, 1.82) is 0 Å². The zero-order valence-electron chi connectivity index (χ0n) is 15.5. The van der Waals surface area contributed by atoms with Crippen LogP contribution in [0.15, 0.2) is 18.2 Å². The zero-order valence-corrected chi connectivity index (χ0v) is 16.3. The van der Waals surface area contributed by atoms with E-state index in [0.29, 0.717) is 5.92 Å². The van der Waals surface area contributed by atoms with Gasteiger partial charge in [-0.3, -0.25) is 0 Å². The highest BCUT2D eigenvalue weighted by Gasteiger charge is 2.24. The lowest BCUT2D eigenvalue weighted by molar-refractivity contribution is 0.324. The van der Waals surface area contributed by atoms with E-state index in [2.05, 4.69) is 14.9 Å². The monoisotopic (exact) mass is 383 g/mol. The Morgan fingerprint density at radius 3 is 2.46 bits per heavy atom. The van der Waals surface area contributed by atoms with Gasteiger partial charge in [-0.25, -0.2) is 17.5 Å². The van der Waals surface area contributed by atoms with Crippen LogP contribution in [0.5, 0.6) is 0 Å². The Labute approximate surface area is 156 Å². The average Bonchev–Trinajstić information content (AvgIpc) is 3.15. The lowest BCUT2D eigenvalue weighted by Gasteiger charge is -2.29. The highest BCUT2D eigenvalue weighted by atomic mass is 32.2. The summed E-state index contributed by atoms with van der Waals surface area (Å²) in [6.07, 6.45) is 6.05. The van der Waals surface area contributed by atoms with Crippen LogP contribution in [0, 0.1) is 11.7 Å². The highest BCUT2D eigenvalue weighted by molar-refractivity contribution is 7.89. The molecular weight excluding hydrogens is 353 g/mol. The van der Waals surface area contributed by atoms with Crippen LogP contribution in [0.3, 0.4) is 0 Å². The summed E-state index contributed by atoms with van der Waals surface area (Å²) < 4.78 is 40.1. The first kappa shape index (κ1) is 19.4. The molecule has 1 heterocycles. The molecule has 7 heteroatoms. The van der Waals surface area contributed by atoms with Gasteiger partial charge in [0, 0.05) is 37.1 Å². The van der Waals surface area contributed by atoms with Crippen LogP contribution < -0.4 is 14.9 Å². The molecule has 0 spiro atoms. The van der Waals surface area contributed by atoms with E-state index in [1.54, 1.807) is 19.1 Å². The van der Waals surface area contributed by atoms with Crippen molar-refractivity contribution >= 4 is 21.4 Å². The number of nitrogens with zero attached hydrogens (tertiary/aromatic N) is 1. The number of benzene rings is 1. The first-order valence-electron chi connectivity index (χ1n) is 9.74. The number of hydrogen-bond acceptors (Lipinski definition) is 4. The van der Waals surface area contributed by atoms with Gasteiger partial charge < -0.3 is 10.2 Å². The fraction of sp³-hybridized carbons (Fsp3) is 0.684.